The fourth-order valence-corrected chi connectivity index (χ4v) is 11.9. The molecule has 14 aromatic carbocycles. The summed E-state index contributed by atoms with van der Waals surface area (Å²) in [5.41, 5.74) is 0. The Labute approximate surface area is 732 Å². The SMILES string of the molecule is Oc1cc(O)c(Oc2cc(O)c(Oc3cc(O)c(O)c(O)c3Oc3cc(O)c(Oc4cc(O)c(O)c(O)c4Oc4ccc(Oc5cc(O)c(O)c(O)c5Oc5cc(O)c(Oc6cc(O)c(O)c(O)c6Oc6cc(O)c(Oc7cc(O)c(O)c(O)c7Oc7cc(O)c(Oc8cc(O)c(O)c(O)c8Oc8ccc(O)c(O)c8O)c(O)c7)c(O)c6)c(O)c5)c(O)c4O)c(O)c3)c(O)c2)c(O)c1. The fourth-order valence-electron chi connectivity index (χ4n) is 11.9. The van der Waals surface area contributed by atoms with Gasteiger partial charge in [0.1, 0.15) is 34.5 Å². The number of hydrogen-bond donors (Lipinski definition) is 36. The number of phenols is 36. The van der Waals surface area contributed by atoms with Crippen molar-refractivity contribution in [2.45, 2.75) is 0 Å². The number of phenolic OH excluding ortho intramolecular Hbond substituents is 36. The fraction of sp³-hybridized carbons (Fsp3) is 0. The Bertz CT molecular complexity index is 7010. The largest absolute Gasteiger partial charge is 0.508 e. The topological polar surface area (TPSA) is 848 Å². The highest BCUT2D eigenvalue weighted by Crippen LogP contribution is 2.64. The van der Waals surface area contributed by atoms with Gasteiger partial charge in [-0.3, -0.25) is 0 Å². The molecule has 49 heteroatoms. The van der Waals surface area contributed by atoms with Crippen LogP contribution < -0.4 is 61.6 Å². The van der Waals surface area contributed by atoms with Crippen LogP contribution in [0.1, 0.15) is 0 Å². The molecule has 0 bridgehead atoms. The van der Waals surface area contributed by atoms with Gasteiger partial charge in [-0.05, 0) is 24.3 Å². The van der Waals surface area contributed by atoms with E-state index in [1.54, 1.807) is 0 Å². The molecule has 0 fully saturated rings. The molecule has 133 heavy (non-hydrogen) atoms. The van der Waals surface area contributed by atoms with E-state index in [9.17, 15) is 184 Å². The van der Waals surface area contributed by atoms with Crippen molar-refractivity contribution >= 4 is 0 Å². The van der Waals surface area contributed by atoms with Crippen LogP contribution in [-0.2, 0) is 0 Å². The van der Waals surface area contributed by atoms with Crippen LogP contribution in [0.4, 0.5) is 0 Å². The van der Waals surface area contributed by atoms with Crippen LogP contribution in [0.15, 0.2) is 133 Å². The Morgan fingerprint density at radius 3 is 0.481 bits per heavy atom. The molecular weight excluding hydrogens is 1790 g/mol. The summed E-state index contributed by atoms with van der Waals surface area (Å²) in [6.07, 6.45) is 0. The first-order chi connectivity index (χ1) is 62.7. The van der Waals surface area contributed by atoms with E-state index >= 15 is 0 Å². The van der Waals surface area contributed by atoms with Crippen molar-refractivity contribution in [3.63, 3.8) is 0 Å². The van der Waals surface area contributed by atoms with Gasteiger partial charge in [0.25, 0.3) is 0 Å². The summed E-state index contributed by atoms with van der Waals surface area (Å²) in [6, 6.07) is 14.5. The molecule has 36 N–H and O–H groups in total. The molecule has 0 atom stereocenters. The molecule has 0 aliphatic heterocycles. The second-order valence-electron chi connectivity index (χ2n) is 27.2. The summed E-state index contributed by atoms with van der Waals surface area (Å²) in [7, 11) is 0. The third-order valence-electron chi connectivity index (χ3n) is 18.2. The van der Waals surface area contributed by atoms with Crippen LogP contribution in [0, 0.1) is 0 Å². The Hall–Kier alpha value is -20.7. The molecule has 14 rings (SSSR count). The Kier molecular flexibility index (Phi) is 22.5. The van der Waals surface area contributed by atoms with E-state index in [0.717, 1.165) is 48.5 Å². The molecule has 0 amide bonds. The van der Waals surface area contributed by atoms with Gasteiger partial charge in [0, 0.05) is 109 Å². The van der Waals surface area contributed by atoms with Crippen LogP contribution in [0.2, 0.25) is 0 Å². The molecule has 0 saturated carbocycles. The van der Waals surface area contributed by atoms with Crippen LogP contribution in [0.25, 0.3) is 0 Å². The zero-order chi connectivity index (χ0) is 96.5. The number of benzene rings is 14. The molecule has 14 aromatic rings. The highest BCUT2D eigenvalue weighted by molar-refractivity contribution is 5.76. The Morgan fingerprint density at radius 1 is 0.105 bits per heavy atom. The molecular formula is C84H58O49. The summed E-state index contributed by atoms with van der Waals surface area (Å²) in [5, 5.41) is 387. The standard InChI is InChI=1S/C84H58O49/c85-23-5-36(93)73(37(94)6-23)121-24-7-38(95)74(39(96)8-24)129-52-18-31(88)59(107)68(116)80(52)124-28-15-46(103)78(47(104)16-28)133-56-22-35(92)63(111)72(120)84(56)128-50-4-3-48(65(113)66(50)114)126-51-17-30(87)58(106)67(115)79(51)122-25-9-40(97)75(41(98)10-25)130-53-19-32(89)60(108)69(117)81(53)123-26-11-42(99)76(43(100)12-26)131-54-20-33(90)61(109)70(118)82(54)125-27-13-44(101)77(45(102)14-27)132-55-21-34(91)62(110)71(119)83(55)127-49-2-1-29(86)57(105)64(49)112/h1-22,85-120H. The lowest BCUT2D eigenvalue weighted by atomic mass is 10.2. The molecule has 0 heterocycles. The maximum Gasteiger partial charge on any atom is 0.215 e. The van der Waals surface area contributed by atoms with Gasteiger partial charge in [-0.1, -0.05) is 0 Å². The van der Waals surface area contributed by atoms with E-state index in [-0.39, 0.29) is 0 Å². The van der Waals surface area contributed by atoms with Crippen molar-refractivity contribution in [2.75, 3.05) is 0 Å². The second-order valence-corrected chi connectivity index (χ2v) is 27.2. The molecule has 0 spiro atoms. The minimum Gasteiger partial charge on any atom is -0.508 e. The molecule has 0 aromatic heterocycles. The molecule has 49 nitrogen and oxygen atoms in total. The van der Waals surface area contributed by atoms with Gasteiger partial charge in [0.05, 0.1) is 0 Å². The van der Waals surface area contributed by atoms with Crippen LogP contribution in [-0.4, -0.2) is 184 Å². The van der Waals surface area contributed by atoms with Crippen LogP contribution in [0.3, 0.4) is 0 Å². The Balaban J connectivity index is 0.672. The highest BCUT2D eigenvalue weighted by atomic mass is 16.6. The lowest BCUT2D eigenvalue weighted by molar-refractivity contribution is 0.312. The van der Waals surface area contributed by atoms with E-state index < -0.39 is 356 Å². The number of ether oxygens (including phenoxy) is 13. The summed E-state index contributed by atoms with van der Waals surface area (Å²) in [5.74, 6) is -65.2. The molecule has 0 saturated heterocycles. The van der Waals surface area contributed by atoms with E-state index in [4.69, 9.17) is 61.6 Å². The smallest absolute Gasteiger partial charge is 0.215 e. The first-order valence-corrected chi connectivity index (χ1v) is 36.1. The van der Waals surface area contributed by atoms with Gasteiger partial charge >= 0.3 is 0 Å². The minimum atomic E-state index is -1.42. The predicted molar refractivity (Wildman–Crippen MR) is 431 cm³/mol. The molecule has 0 aliphatic carbocycles. The predicted octanol–water partition coefficient (Wildman–Crippen LogP) is 14.4. The maximum absolute atomic E-state index is 11.4. The first kappa shape index (κ1) is 88.6. The van der Waals surface area contributed by atoms with Crippen molar-refractivity contribution in [1.82, 2.24) is 0 Å². The van der Waals surface area contributed by atoms with Crippen molar-refractivity contribution < 1.29 is 245 Å². The Morgan fingerprint density at radius 2 is 0.256 bits per heavy atom. The third-order valence-corrected chi connectivity index (χ3v) is 18.2. The summed E-state index contributed by atoms with van der Waals surface area (Å²) in [4.78, 5) is 0. The number of rotatable bonds is 26. The van der Waals surface area contributed by atoms with E-state index in [0.29, 0.717) is 84.9 Å². The monoisotopic (exact) mass is 1850 g/mol. The molecule has 0 aliphatic rings. The number of aromatic hydroxyl groups is 36. The van der Waals surface area contributed by atoms with Crippen LogP contribution in [0.5, 0.6) is 356 Å². The normalized spacial score (nSPS) is 11.0. The molecule has 0 unspecified atom stereocenters. The quantitative estimate of drug-likeness (QED) is 0.0224. The van der Waals surface area contributed by atoms with Crippen LogP contribution >= 0.6 is 0 Å². The zero-order valence-corrected chi connectivity index (χ0v) is 65.1. The lowest BCUT2D eigenvalue weighted by Crippen LogP contribution is -1.96. The van der Waals surface area contributed by atoms with E-state index in [1.807, 2.05) is 0 Å². The lowest BCUT2D eigenvalue weighted by Gasteiger charge is -2.19. The van der Waals surface area contributed by atoms with Gasteiger partial charge < -0.3 is 245 Å². The number of hydrogen-bond acceptors (Lipinski definition) is 49. The molecule has 688 valence electrons. The van der Waals surface area contributed by atoms with Gasteiger partial charge in [0.15, 0.2) is 161 Å². The zero-order valence-electron chi connectivity index (χ0n) is 65.1. The van der Waals surface area contributed by atoms with Gasteiger partial charge in [0.2, 0.25) is 161 Å². The third kappa shape index (κ3) is 16.8. The second kappa shape index (κ2) is 33.7. The van der Waals surface area contributed by atoms with E-state index in [2.05, 4.69) is 0 Å². The van der Waals surface area contributed by atoms with Crippen molar-refractivity contribution in [2.24, 2.45) is 0 Å². The average Bonchev–Trinajstić information content (AvgIpc) is 0.775. The summed E-state index contributed by atoms with van der Waals surface area (Å²) < 4.78 is 72.3. The van der Waals surface area contributed by atoms with Gasteiger partial charge in [-0.2, -0.15) is 0 Å². The van der Waals surface area contributed by atoms with Crippen molar-refractivity contribution in [3.05, 3.63) is 133 Å². The highest BCUT2D eigenvalue weighted by Gasteiger charge is 2.35. The first-order valence-electron chi connectivity index (χ1n) is 36.1. The summed E-state index contributed by atoms with van der Waals surface area (Å²) >= 11 is 0. The average molecular weight is 1850 g/mol. The van der Waals surface area contributed by atoms with Crippen molar-refractivity contribution in [3.8, 4) is 356 Å². The summed E-state index contributed by atoms with van der Waals surface area (Å²) in [6.45, 7) is 0. The van der Waals surface area contributed by atoms with E-state index in [1.165, 1.54) is 0 Å². The van der Waals surface area contributed by atoms with Gasteiger partial charge in [-0.25, -0.2) is 0 Å². The molecule has 0 radical (unpaired) electrons. The maximum atomic E-state index is 11.4. The minimum absolute atomic E-state index is 0.466. The van der Waals surface area contributed by atoms with Gasteiger partial charge in [-0.15, -0.1) is 0 Å². The van der Waals surface area contributed by atoms with Crippen molar-refractivity contribution in [1.29, 1.82) is 0 Å².